The number of rotatable bonds is 6. The van der Waals surface area contributed by atoms with Gasteiger partial charge in [-0.15, -0.1) is 0 Å². The summed E-state index contributed by atoms with van der Waals surface area (Å²) < 4.78 is 67.0. The lowest BCUT2D eigenvalue weighted by molar-refractivity contribution is -0.137. The Morgan fingerprint density at radius 1 is 1.03 bits per heavy atom. The predicted octanol–water partition coefficient (Wildman–Crippen LogP) is 5.91. The van der Waals surface area contributed by atoms with Gasteiger partial charge in [0.05, 0.1) is 16.1 Å². The van der Waals surface area contributed by atoms with E-state index in [1.54, 1.807) is 6.07 Å². The number of urea groups is 1. The fourth-order valence-electron chi connectivity index (χ4n) is 3.33. The van der Waals surface area contributed by atoms with Gasteiger partial charge in [-0.2, -0.15) is 24.5 Å². The zero-order valence-corrected chi connectivity index (χ0v) is 18.8. The number of halogens is 3. The fourth-order valence-corrected chi connectivity index (χ4v) is 5.32. The highest BCUT2D eigenvalue weighted by molar-refractivity contribution is 7.89. The lowest BCUT2D eigenvalue weighted by atomic mass is 9.94. The summed E-state index contributed by atoms with van der Waals surface area (Å²) in [5.74, 6) is 0. The molecule has 4 rings (SSSR count). The number of hydrogen-bond acceptors (Lipinski definition) is 4. The fraction of sp³-hybridized carbons (Fsp3) is 0.227. The molecule has 174 valence electrons. The number of amides is 2. The van der Waals surface area contributed by atoms with Crippen molar-refractivity contribution >= 4 is 38.8 Å². The minimum absolute atomic E-state index is 0.0113. The Hall–Kier alpha value is -2.89. The second-order valence-electron chi connectivity index (χ2n) is 7.63. The number of nitrogens with one attached hydrogen (secondary N) is 3. The average molecular weight is 496 g/mol. The van der Waals surface area contributed by atoms with Crippen LogP contribution in [0.2, 0.25) is 0 Å². The molecule has 1 fully saturated rings. The molecule has 0 spiro atoms. The van der Waals surface area contributed by atoms with Crippen LogP contribution >= 0.6 is 11.3 Å². The number of thiophene rings is 1. The van der Waals surface area contributed by atoms with Crippen LogP contribution in [0.5, 0.6) is 0 Å². The Balaban J connectivity index is 1.60. The summed E-state index contributed by atoms with van der Waals surface area (Å²) in [6.07, 6.45) is -2.03. The van der Waals surface area contributed by atoms with Crippen molar-refractivity contribution in [1.82, 2.24) is 4.72 Å². The van der Waals surface area contributed by atoms with E-state index in [2.05, 4.69) is 15.4 Å². The summed E-state index contributed by atoms with van der Waals surface area (Å²) in [6.45, 7) is 0. The number of alkyl halides is 3. The second kappa shape index (κ2) is 9.16. The van der Waals surface area contributed by atoms with E-state index < -0.39 is 27.8 Å². The maximum absolute atomic E-state index is 12.9. The molecule has 3 aromatic rings. The number of anilines is 2. The molecule has 0 unspecified atom stereocenters. The zero-order chi connectivity index (χ0) is 23.6. The van der Waals surface area contributed by atoms with Crippen LogP contribution in [0.3, 0.4) is 0 Å². The van der Waals surface area contributed by atoms with E-state index in [4.69, 9.17) is 0 Å². The van der Waals surface area contributed by atoms with Gasteiger partial charge in [0.15, 0.2) is 0 Å². The molecule has 0 bridgehead atoms. The highest BCUT2D eigenvalue weighted by Gasteiger charge is 2.30. The SMILES string of the molecule is O=C(Nc1cccc(C(F)(F)F)c1)Nc1cc(S(=O)(=O)NC2CCC2)ccc1-c1ccsc1. The minimum atomic E-state index is -4.55. The van der Waals surface area contributed by atoms with Gasteiger partial charge < -0.3 is 10.6 Å². The van der Waals surface area contributed by atoms with Gasteiger partial charge in [-0.1, -0.05) is 18.6 Å². The first-order valence-electron chi connectivity index (χ1n) is 10.1. The predicted molar refractivity (Wildman–Crippen MR) is 122 cm³/mol. The van der Waals surface area contributed by atoms with Crippen molar-refractivity contribution in [1.29, 1.82) is 0 Å². The molecule has 2 aromatic carbocycles. The maximum atomic E-state index is 12.9. The molecule has 1 aliphatic rings. The molecule has 1 aliphatic carbocycles. The molecule has 33 heavy (non-hydrogen) atoms. The van der Waals surface area contributed by atoms with Crippen LogP contribution in [0.15, 0.2) is 64.2 Å². The highest BCUT2D eigenvalue weighted by Crippen LogP contribution is 2.33. The number of benzene rings is 2. The quantitative estimate of drug-likeness (QED) is 0.397. The third kappa shape index (κ3) is 5.55. The Bertz CT molecular complexity index is 1260. The van der Waals surface area contributed by atoms with E-state index in [1.807, 2.05) is 16.8 Å². The van der Waals surface area contributed by atoms with Crippen LogP contribution < -0.4 is 15.4 Å². The van der Waals surface area contributed by atoms with Crippen molar-refractivity contribution in [2.75, 3.05) is 10.6 Å². The minimum Gasteiger partial charge on any atom is -0.308 e. The first kappa shape index (κ1) is 23.3. The summed E-state index contributed by atoms with van der Waals surface area (Å²) in [5.41, 5.74) is 0.627. The van der Waals surface area contributed by atoms with Crippen molar-refractivity contribution in [3.05, 3.63) is 64.9 Å². The van der Waals surface area contributed by atoms with Gasteiger partial charge in [0.25, 0.3) is 0 Å². The van der Waals surface area contributed by atoms with Gasteiger partial charge in [0.1, 0.15) is 0 Å². The summed E-state index contributed by atoms with van der Waals surface area (Å²) >= 11 is 1.43. The molecule has 6 nitrogen and oxygen atoms in total. The number of carbonyl (C=O) groups is 1. The number of sulfonamides is 1. The molecular formula is C22H20F3N3O3S2. The molecule has 1 saturated carbocycles. The van der Waals surface area contributed by atoms with Crippen molar-refractivity contribution in [3.63, 3.8) is 0 Å². The standard InChI is InChI=1S/C22H20F3N3O3S2/c23-22(24,25)15-3-1-6-17(11-15)26-21(29)27-20-12-18(33(30,31)28-16-4-2-5-16)7-8-19(20)14-9-10-32-13-14/h1,3,6-13,16,28H,2,4-5H2,(H2,26,27,29). The van der Waals surface area contributed by atoms with Crippen LogP contribution in [0.1, 0.15) is 24.8 Å². The van der Waals surface area contributed by atoms with Gasteiger partial charge in [0.2, 0.25) is 10.0 Å². The van der Waals surface area contributed by atoms with E-state index >= 15 is 0 Å². The van der Waals surface area contributed by atoms with E-state index in [0.29, 0.717) is 5.56 Å². The van der Waals surface area contributed by atoms with Gasteiger partial charge in [0, 0.05) is 17.3 Å². The van der Waals surface area contributed by atoms with Crippen LogP contribution in [-0.4, -0.2) is 20.5 Å². The van der Waals surface area contributed by atoms with Crippen LogP contribution in [0.4, 0.5) is 29.3 Å². The Labute approximate surface area is 192 Å². The highest BCUT2D eigenvalue weighted by atomic mass is 32.2. The monoisotopic (exact) mass is 495 g/mol. The average Bonchev–Trinajstić information content (AvgIpc) is 3.25. The van der Waals surface area contributed by atoms with Crippen molar-refractivity contribution in [3.8, 4) is 11.1 Å². The number of hydrogen-bond donors (Lipinski definition) is 3. The van der Waals surface area contributed by atoms with Gasteiger partial charge in [-0.3, -0.25) is 0 Å². The largest absolute Gasteiger partial charge is 0.416 e. The van der Waals surface area contributed by atoms with Gasteiger partial charge in [-0.25, -0.2) is 17.9 Å². The molecule has 1 heterocycles. The van der Waals surface area contributed by atoms with Crippen molar-refractivity contribution < 1.29 is 26.4 Å². The van der Waals surface area contributed by atoms with Crippen LogP contribution in [-0.2, 0) is 16.2 Å². The molecule has 1 aromatic heterocycles. The van der Waals surface area contributed by atoms with Gasteiger partial charge in [-0.05, 0) is 65.6 Å². The summed E-state index contributed by atoms with van der Waals surface area (Å²) in [4.78, 5) is 12.6. The third-order valence-corrected chi connectivity index (χ3v) is 7.46. The van der Waals surface area contributed by atoms with E-state index in [1.165, 1.54) is 35.6 Å². The Morgan fingerprint density at radius 3 is 2.45 bits per heavy atom. The Morgan fingerprint density at radius 2 is 1.82 bits per heavy atom. The van der Waals surface area contributed by atoms with Crippen molar-refractivity contribution in [2.45, 2.75) is 36.4 Å². The molecule has 0 radical (unpaired) electrons. The van der Waals surface area contributed by atoms with E-state index in [9.17, 15) is 26.4 Å². The van der Waals surface area contributed by atoms with Crippen molar-refractivity contribution in [2.24, 2.45) is 0 Å². The molecular weight excluding hydrogens is 475 g/mol. The smallest absolute Gasteiger partial charge is 0.308 e. The zero-order valence-electron chi connectivity index (χ0n) is 17.1. The molecule has 3 N–H and O–H groups in total. The summed E-state index contributed by atoms with van der Waals surface area (Å²) in [6, 6.07) is 9.56. The van der Waals surface area contributed by atoms with E-state index in [0.717, 1.165) is 37.0 Å². The third-order valence-electron chi connectivity index (χ3n) is 5.26. The lowest BCUT2D eigenvalue weighted by Crippen LogP contribution is -2.39. The molecule has 2 amide bonds. The topological polar surface area (TPSA) is 87.3 Å². The van der Waals surface area contributed by atoms with Crippen LogP contribution in [0, 0.1) is 0 Å². The molecule has 0 saturated heterocycles. The Kier molecular flexibility index (Phi) is 6.46. The van der Waals surface area contributed by atoms with Crippen LogP contribution in [0.25, 0.3) is 11.1 Å². The molecule has 0 aliphatic heterocycles. The molecule has 0 atom stereocenters. The lowest BCUT2D eigenvalue weighted by Gasteiger charge is -2.26. The first-order valence-corrected chi connectivity index (χ1v) is 12.5. The number of carbonyl (C=O) groups excluding carboxylic acids is 1. The maximum Gasteiger partial charge on any atom is 0.416 e. The normalized spacial score (nSPS) is 14.5. The molecule has 11 heteroatoms. The first-order chi connectivity index (χ1) is 15.6. The summed E-state index contributed by atoms with van der Waals surface area (Å²) in [7, 11) is -3.79. The van der Waals surface area contributed by atoms with E-state index in [-0.39, 0.29) is 22.3 Å². The van der Waals surface area contributed by atoms with Gasteiger partial charge >= 0.3 is 12.2 Å². The second-order valence-corrected chi connectivity index (χ2v) is 10.1. The summed E-state index contributed by atoms with van der Waals surface area (Å²) in [5, 5.41) is 8.63.